The number of hydrogen-bond acceptors (Lipinski definition) is 1. The van der Waals surface area contributed by atoms with Crippen LogP contribution in [0, 0.1) is 6.08 Å². The minimum absolute atomic E-state index is 0. The Kier molecular flexibility index (Phi) is 6.53. The molecule has 93 valence electrons. The molecule has 1 aromatic carbocycles. The van der Waals surface area contributed by atoms with E-state index in [1.165, 1.54) is 0 Å². The Morgan fingerprint density at radius 1 is 1.50 bits per heavy atom. The topological polar surface area (TPSA) is 20.3 Å². The second kappa shape index (κ2) is 7.18. The van der Waals surface area contributed by atoms with Crippen molar-refractivity contribution in [1.29, 1.82) is 0 Å². The van der Waals surface area contributed by atoms with Gasteiger partial charge in [0.2, 0.25) is 5.91 Å². The molecule has 2 nitrogen and oxygen atoms in total. The molecule has 0 N–H and O–H groups in total. The molecule has 1 aliphatic rings. The summed E-state index contributed by atoms with van der Waals surface area (Å²) in [7, 11) is 0. The van der Waals surface area contributed by atoms with Crippen LogP contribution in [0.5, 0.6) is 0 Å². The molecular weight excluding hydrogens is 390 g/mol. The summed E-state index contributed by atoms with van der Waals surface area (Å²) in [5.41, 5.74) is 1.82. The molecule has 0 spiro atoms. The van der Waals surface area contributed by atoms with Gasteiger partial charge in [0.05, 0.1) is 0 Å². The number of carbonyl (C=O) groups is 1. The molecule has 0 saturated carbocycles. The van der Waals surface area contributed by atoms with Gasteiger partial charge in [-0.05, 0) is 13.0 Å². The quantitative estimate of drug-likeness (QED) is 0.688. The van der Waals surface area contributed by atoms with E-state index in [-0.39, 0.29) is 38.6 Å². The number of nitrogens with zero attached hydrogens (tertiary/aromatic N) is 1. The van der Waals surface area contributed by atoms with Crippen LogP contribution in [0.15, 0.2) is 22.7 Å². The van der Waals surface area contributed by atoms with E-state index in [9.17, 15) is 4.79 Å². The van der Waals surface area contributed by atoms with Gasteiger partial charge in [-0.2, -0.15) is 0 Å². The zero-order valence-corrected chi connectivity index (χ0v) is 15.2. The fraction of sp³-hybridized carbons (Fsp3) is 0.308. The summed E-state index contributed by atoms with van der Waals surface area (Å²) in [6, 6.07) is 5.57. The van der Waals surface area contributed by atoms with Gasteiger partial charge in [-0.1, -0.05) is 38.1 Å². The maximum absolute atomic E-state index is 11.8. The predicted molar refractivity (Wildman–Crippen MR) is 72.4 cm³/mol. The number of allylic oxidation sites excluding steroid dienone is 1. The third-order valence-electron chi connectivity index (χ3n) is 2.70. The Morgan fingerprint density at radius 3 is 2.83 bits per heavy atom. The maximum atomic E-state index is 11.8. The molecule has 5 heteroatoms. The van der Waals surface area contributed by atoms with Crippen molar-refractivity contribution in [2.24, 2.45) is 0 Å². The van der Waals surface area contributed by atoms with Gasteiger partial charge < -0.3 is 4.90 Å². The van der Waals surface area contributed by atoms with Gasteiger partial charge in [0, 0.05) is 50.7 Å². The van der Waals surface area contributed by atoms with E-state index in [0.717, 1.165) is 15.7 Å². The molecule has 18 heavy (non-hydrogen) atoms. The number of carbonyl (C=O) groups excluding carboxylic acids is 1. The first kappa shape index (κ1) is 16.4. The monoisotopic (exact) mass is 401 g/mol. The number of rotatable bonds is 2. The van der Waals surface area contributed by atoms with Crippen molar-refractivity contribution in [3.63, 3.8) is 0 Å². The normalized spacial score (nSPS) is 15.2. The van der Waals surface area contributed by atoms with Crippen LogP contribution >= 0.6 is 27.5 Å². The molecule has 1 aromatic rings. The van der Waals surface area contributed by atoms with Gasteiger partial charge in [-0.25, -0.2) is 6.08 Å². The van der Waals surface area contributed by atoms with Gasteiger partial charge in [-0.3, -0.25) is 4.79 Å². The summed E-state index contributed by atoms with van der Waals surface area (Å²) in [6.07, 6.45) is 4.50. The van der Waals surface area contributed by atoms with E-state index in [0.29, 0.717) is 24.4 Å². The van der Waals surface area contributed by atoms with Gasteiger partial charge >= 0.3 is 0 Å². The van der Waals surface area contributed by atoms with E-state index < -0.39 is 0 Å². The van der Waals surface area contributed by atoms with Crippen LogP contribution in [0.1, 0.15) is 25.3 Å². The first-order chi connectivity index (χ1) is 8.13. The second-order valence-electron chi connectivity index (χ2n) is 3.79. The Bertz CT molecular complexity index is 490. The first-order valence-electron chi connectivity index (χ1n) is 5.50. The minimum atomic E-state index is 0. The Balaban J connectivity index is 0.00000162. The molecule has 0 atom stereocenters. The standard InChI is InChI=1S/C13H12BrClNO.Y/c1-2-16-12(4-3-5-13(16)17)10-7-6-9(15)8-11(10)14;/h6-8H,2-3,5H2,1H3;/q-1;. The van der Waals surface area contributed by atoms with Crippen molar-refractivity contribution >= 4 is 39.1 Å². The van der Waals surface area contributed by atoms with E-state index >= 15 is 0 Å². The summed E-state index contributed by atoms with van der Waals surface area (Å²) in [5, 5.41) is 0.673. The van der Waals surface area contributed by atoms with Crippen LogP contribution in [0.25, 0.3) is 5.70 Å². The summed E-state index contributed by atoms with van der Waals surface area (Å²) < 4.78 is 0.889. The SMILES string of the molecule is CCN1C(=O)CC[C-]=C1c1ccc(Cl)cc1Br.[Y]. The molecule has 0 aromatic heterocycles. The minimum Gasteiger partial charge on any atom is -0.348 e. The molecule has 0 saturated heterocycles. The molecule has 2 rings (SSSR count). The number of amides is 1. The van der Waals surface area contributed by atoms with Crippen LogP contribution in [-0.4, -0.2) is 17.4 Å². The van der Waals surface area contributed by atoms with Crippen molar-refractivity contribution in [1.82, 2.24) is 4.90 Å². The van der Waals surface area contributed by atoms with Crippen molar-refractivity contribution in [3.8, 4) is 0 Å². The number of benzene rings is 1. The summed E-state index contributed by atoms with van der Waals surface area (Å²) >= 11 is 9.39. The molecule has 0 unspecified atom stereocenters. The van der Waals surface area contributed by atoms with Crippen molar-refractivity contribution < 1.29 is 37.5 Å². The predicted octanol–water partition coefficient (Wildman–Crippen LogP) is 3.89. The Labute approximate surface area is 146 Å². The third kappa shape index (κ3) is 3.44. The van der Waals surface area contributed by atoms with Gasteiger partial charge in [0.15, 0.2) is 0 Å². The summed E-state index contributed by atoms with van der Waals surface area (Å²) in [4.78, 5) is 13.6. The smallest absolute Gasteiger partial charge is 0.223 e. The molecule has 1 aliphatic heterocycles. The third-order valence-corrected chi connectivity index (χ3v) is 3.60. The molecule has 0 bridgehead atoms. The number of hydrogen-bond donors (Lipinski definition) is 0. The number of halogens is 2. The fourth-order valence-electron chi connectivity index (χ4n) is 1.90. The van der Waals surface area contributed by atoms with Crippen molar-refractivity contribution in [2.75, 3.05) is 6.54 Å². The van der Waals surface area contributed by atoms with E-state index in [2.05, 4.69) is 22.0 Å². The van der Waals surface area contributed by atoms with Crippen LogP contribution in [0.4, 0.5) is 0 Å². The zero-order valence-electron chi connectivity index (χ0n) is 10.0. The van der Waals surface area contributed by atoms with Crippen LogP contribution in [-0.2, 0) is 37.5 Å². The average Bonchev–Trinajstić information content (AvgIpc) is 2.29. The van der Waals surface area contributed by atoms with Crippen molar-refractivity contribution in [2.45, 2.75) is 19.8 Å². The van der Waals surface area contributed by atoms with Gasteiger partial charge in [0.1, 0.15) is 0 Å². The Hall–Kier alpha value is 0.304. The molecule has 1 amide bonds. The van der Waals surface area contributed by atoms with E-state index in [4.69, 9.17) is 11.6 Å². The average molecular weight is 403 g/mol. The van der Waals surface area contributed by atoms with E-state index in [1.807, 2.05) is 25.1 Å². The largest absolute Gasteiger partial charge is 0.348 e. The maximum Gasteiger partial charge on any atom is 0.223 e. The second-order valence-corrected chi connectivity index (χ2v) is 5.08. The molecule has 0 aliphatic carbocycles. The van der Waals surface area contributed by atoms with Crippen LogP contribution in [0.2, 0.25) is 5.02 Å². The first-order valence-corrected chi connectivity index (χ1v) is 6.67. The van der Waals surface area contributed by atoms with Gasteiger partial charge in [-0.15, -0.1) is 23.7 Å². The summed E-state index contributed by atoms with van der Waals surface area (Å²) in [6.45, 7) is 2.63. The molecular formula is C13H12BrClNOY-. The summed E-state index contributed by atoms with van der Waals surface area (Å²) in [5.74, 6) is 0.156. The van der Waals surface area contributed by atoms with Crippen LogP contribution < -0.4 is 0 Å². The Morgan fingerprint density at radius 2 is 2.22 bits per heavy atom. The van der Waals surface area contributed by atoms with E-state index in [1.54, 1.807) is 4.90 Å². The molecule has 1 radical (unpaired) electrons. The van der Waals surface area contributed by atoms with Crippen molar-refractivity contribution in [3.05, 3.63) is 39.3 Å². The zero-order chi connectivity index (χ0) is 12.4. The molecule has 0 fully saturated rings. The van der Waals surface area contributed by atoms with Gasteiger partial charge in [0.25, 0.3) is 0 Å². The van der Waals surface area contributed by atoms with Crippen LogP contribution in [0.3, 0.4) is 0 Å². The molecule has 1 heterocycles. The fourth-order valence-corrected chi connectivity index (χ4v) is 2.77.